The van der Waals surface area contributed by atoms with Gasteiger partial charge in [-0.05, 0) is 49.6 Å². The Hall–Kier alpha value is -2.09. The molecule has 1 fully saturated rings. The second-order valence-electron chi connectivity index (χ2n) is 7.14. The Balaban J connectivity index is 1.64. The molecular weight excluding hydrogens is 398 g/mol. The highest BCUT2D eigenvalue weighted by atomic mass is 35.5. The second kappa shape index (κ2) is 7.39. The summed E-state index contributed by atoms with van der Waals surface area (Å²) in [5.74, 6) is 1.31. The number of H-pyrrole nitrogens is 1. The van der Waals surface area contributed by atoms with E-state index < -0.39 is 10.0 Å². The molecule has 1 atom stereocenters. The number of nitrogens with one attached hydrogen (secondary N) is 1. The number of rotatable bonds is 4. The lowest BCUT2D eigenvalue weighted by Gasteiger charge is -2.31. The Morgan fingerprint density at radius 3 is 2.86 bits per heavy atom. The lowest BCUT2D eigenvalue weighted by molar-refractivity contribution is 0.310. The maximum atomic E-state index is 13.2. The Morgan fingerprint density at radius 2 is 2.07 bits per heavy atom. The van der Waals surface area contributed by atoms with Crippen LogP contribution in [0.4, 0.5) is 0 Å². The normalized spacial score (nSPS) is 18.5. The van der Waals surface area contributed by atoms with Crippen LogP contribution in [0.2, 0.25) is 5.02 Å². The molecule has 4 rings (SSSR count). The van der Waals surface area contributed by atoms with Gasteiger partial charge in [0, 0.05) is 25.1 Å². The molecule has 0 radical (unpaired) electrons. The molecule has 3 aromatic rings. The number of imidazole rings is 1. The number of methoxy groups -OCH3 is 1. The number of halogens is 1. The molecule has 1 saturated heterocycles. The molecule has 1 aliphatic rings. The van der Waals surface area contributed by atoms with Gasteiger partial charge in [0.1, 0.15) is 16.5 Å². The SMILES string of the molecule is COc1ccc(Cl)c(S(=O)(=O)N2CCCC(c3nc4ccc(C)cc4[nH]3)C2)c1. The third-order valence-electron chi connectivity index (χ3n) is 5.18. The van der Waals surface area contributed by atoms with E-state index in [4.69, 9.17) is 16.3 Å². The van der Waals surface area contributed by atoms with Gasteiger partial charge in [0.2, 0.25) is 10.0 Å². The number of sulfonamides is 1. The van der Waals surface area contributed by atoms with E-state index in [1.807, 2.05) is 19.1 Å². The molecule has 1 N–H and O–H groups in total. The number of hydrogen-bond acceptors (Lipinski definition) is 4. The summed E-state index contributed by atoms with van der Waals surface area (Å²) in [6.45, 7) is 2.87. The zero-order chi connectivity index (χ0) is 19.9. The summed E-state index contributed by atoms with van der Waals surface area (Å²) in [6.07, 6.45) is 1.65. The fourth-order valence-electron chi connectivity index (χ4n) is 3.67. The van der Waals surface area contributed by atoms with Crippen LogP contribution in [-0.4, -0.2) is 42.9 Å². The monoisotopic (exact) mass is 419 g/mol. The summed E-state index contributed by atoms with van der Waals surface area (Å²) in [6, 6.07) is 10.7. The van der Waals surface area contributed by atoms with Gasteiger partial charge in [-0.2, -0.15) is 4.31 Å². The summed E-state index contributed by atoms with van der Waals surface area (Å²) in [7, 11) is -2.22. The van der Waals surface area contributed by atoms with E-state index in [9.17, 15) is 8.42 Å². The van der Waals surface area contributed by atoms with Gasteiger partial charge in [-0.3, -0.25) is 0 Å². The lowest BCUT2D eigenvalue weighted by Crippen LogP contribution is -2.39. The zero-order valence-electron chi connectivity index (χ0n) is 15.8. The summed E-state index contributed by atoms with van der Waals surface area (Å²) < 4.78 is 33.1. The third kappa shape index (κ3) is 3.50. The third-order valence-corrected chi connectivity index (χ3v) is 7.53. The van der Waals surface area contributed by atoms with Crippen molar-refractivity contribution in [1.29, 1.82) is 0 Å². The number of ether oxygens (including phenoxy) is 1. The Kier molecular flexibility index (Phi) is 5.07. The van der Waals surface area contributed by atoms with E-state index in [0.717, 1.165) is 35.3 Å². The number of hydrogen-bond donors (Lipinski definition) is 1. The number of fused-ring (bicyclic) bond motifs is 1. The number of piperidine rings is 1. The van der Waals surface area contributed by atoms with Gasteiger partial charge in [-0.15, -0.1) is 0 Å². The molecule has 8 heteroatoms. The van der Waals surface area contributed by atoms with Crippen molar-refractivity contribution in [2.24, 2.45) is 0 Å². The van der Waals surface area contributed by atoms with E-state index in [0.29, 0.717) is 18.8 Å². The van der Waals surface area contributed by atoms with Gasteiger partial charge >= 0.3 is 0 Å². The molecular formula is C20H22ClN3O3S. The van der Waals surface area contributed by atoms with E-state index >= 15 is 0 Å². The number of benzene rings is 2. The molecule has 28 heavy (non-hydrogen) atoms. The average molecular weight is 420 g/mol. The second-order valence-corrected chi connectivity index (χ2v) is 9.45. The minimum absolute atomic E-state index is 0.0145. The van der Waals surface area contributed by atoms with Crippen molar-refractivity contribution in [2.45, 2.75) is 30.6 Å². The molecule has 1 aliphatic heterocycles. The molecule has 0 bridgehead atoms. The first-order chi connectivity index (χ1) is 13.4. The van der Waals surface area contributed by atoms with Gasteiger partial charge in [0.05, 0.1) is 23.2 Å². The summed E-state index contributed by atoms with van der Waals surface area (Å²) in [4.78, 5) is 8.14. The van der Waals surface area contributed by atoms with Crippen LogP contribution in [0.1, 0.15) is 30.1 Å². The molecule has 1 aromatic heterocycles. The highest BCUT2D eigenvalue weighted by molar-refractivity contribution is 7.89. The Bertz CT molecular complexity index is 1130. The van der Waals surface area contributed by atoms with Crippen LogP contribution in [0.25, 0.3) is 11.0 Å². The summed E-state index contributed by atoms with van der Waals surface area (Å²) in [5.41, 5.74) is 3.03. The number of aryl methyl sites for hydroxylation is 1. The minimum atomic E-state index is -3.72. The smallest absolute Gasteiger partial charge is 0.244 e. The van der Waals surface area contributed by atoms with Gasteiger partial charge in [-0.25, -0.2) is 13.4 Å². The van der Waals surface area contributed by atoms with E-state index in [1.165, 1.54) is 17.5 Å². The summed E-state index contributed by atoms with van der Waals surface area (Å²) in [5, 5.41) is 0.196. The van der Waals surface area contributed by atoms with Crippen LogP contribution in [-0.2, 0) is 10.0 Å². The fraction of sp³-hybridized carbons (Fsp3) is 0.350. The molecule has 2 aromatic carbocycles. The predicted molar refractivity (Wildman–Crippen MR) is 110 cm³/mol. The van der Waals surface area contributed by atoms with E-state index in [2.05, 4.69) is 16.0 Å². The molecule has 0 aliphatic carbocycles. The van der Waals surface area contributed by atoms with Crippen LogP contribution in [0.3, 0.4) is 0 Å². The quantitative estimate of drug-likeness (QED) is 0.690. The van der Waals surface area contributed by atoms with Crippen LogP contribution >= 0.6 is 11.6 Å². The number of aromatic nitrogens is 2. The zero-order valence-corrected chi connectivity index (χ0v) is 17.3. The summed E-state index contributed by atoms with van der Waals surface area (Å²) >= 11 is 6.20. The maximum Gasteiger partial charge on any atom is 0.244 e. The lowest BCUT2D eigenvalue weighted by atomic mass is 9.99. The Morgan fingerprint density at radius 1 is 1.25 bits per heavy atom. The minimum Gasteiger partial charge on any atom is -0.497 e. The molecule has 0 spiro atoms. The van der Waals surface area contributed by atoms with Crippen molar-refractivity contribution in [3.63, 3.8) is 0 Å². The van der Waals surface area contributed by atoms with Crippen molar-refractivity contribution in [3.05, 3.63) is 52.8 Å². The van der Waals surface area contributed by atoms with Crippen molar-refractivity contribution in [1.82, 2.24) is 14.3 Å². The number of aromatic amines is 1. The van der Waals surface area contributed by atoms with Crippen molar-refractivity contribution < 1.29 is 13.2 Å². The molecule has 6 nitrogen and oxygen atoms in total. The first-order valence-corrected chi connectivity index (χ1v) is 11.0. The highest BCUT2D eigenvalue weighted by Crippen LogP contribution is 2.33. The first-order valence-electron chi connectivity index (χ1n) is 9.18. The van der Waals surface area contributed by atoms with Crippen molar-refractivity contribution >= 4 is 32.7 Å². The van der Waals surface area contributed by atoms with Gasteiger partial charge in [0.25, 0.3) is 0 Å². The predicted octanol–water partition coefficient (Wildman–Crippen LogP) is 4.10. The molecule has 2 heterocycles. The molecule has 1 unspecified atom stereocenters. The molecule has 0 saturated carbocycles. The average Bonchev–Trinajstić information content (AvgIpc) is 3.11. The van der Waals surface area contributed by atoms with Gasteiger partial charge in [0.15, 0.2) is 0 Å². The number of nitrogens with zero attached hydrogens (tertiary/aromatic N) is 2. The van der Waals surface area contributed by atoms with Crippen LogP contribution in [0.15, 0.2) is 41.3 Å². The maximum absolute atomic E-state index is 13.2. The first kappa shape index (κ1) is 19.2. The largest absolute Gasteiger partial charge is 0.497 e. The van der Waals surface area contributed by atoms with Crippen LogP contribution in [0.5, 0.6) is 5.75 Å². The highest BCUT2D eigenvalue weighted by Gasteiger charge is 2.33. The van der Waals surface area contributed by atoms with Gasteiger partial charge in [-0.1, -0.05) is 17.7 Å². The topological polar surface area (TPSA) is 75.3 Å². The Labute approximate surface area is 169 Å². The van der Waals surface area contributed by atoms with E-state index in [1.54, 1.807) is 12.1 Å². The van der Waals surface area contributed by atoms with Crippen LogP contribution in [0, 0.1) is 6.92 Å². The van der Waals surface area contributed by atoms with Crippen molar-refractivity contribution in [2.75, 3.05) is 20.2 Å². The van der Waals surface area contributed by atoms with Crippen LogP contribution < -0.4 is 4.74 Å². The van der Waals surface area contributed by atoms with Gasteiger partial charge < -0.3 is 9.72 Å². The van der Waals surface area contributed by atoms with Crippen molar-refractivity contribution in [3.8, 4) is 5.75 Å². The standard InChI is InChI=1S/C20H22ClN3O3S/c1-13-5-8-17-18(10-13)23-20(22-17)14-4-3-9-24(12-14)28(25,26)19-11-15(27-2)6-7-16(19)21/h5-8,10-11,14H,3-4,9,12H2,1-2H3,(H,22,23). The molecule has 0 amide bonds. The molecule has 148 valence electrons. The van der Waals surface area contributed by atoms with E-state index in [-0.39, 0.29) is 15.8 Å². The fourth-order valence-corrected chi connectivity index (χ4v) is 5.68.